The smallest absolute Gasteiger partial charge is 0.0661 e. The molecule has 0 aromatic carbocycles. The van der Waals surface area contributed by atoms with E-state index in [2.05, 4.69) is 25.1 Å². The molecule has 0 heterocycles. The van der Waals surface area contributed by atoms with E-state index >= 15 is 0 Å². The largest absolute Gasteiger partial charge is 0.378 e. The van der Waals surface area contributed by atoms with Crippen molar-refractivity contribution in [1.29, 1.82) is 0 Å². The molecule has 102 valence electrons. The molecule has 2 heteroatoms. The van der Waals surface area contributed by atoms with Gasteiger partial charge in [-0.3, -0.25) is 0 Å². The zero-order valence-electron chi connectivity index (χ0n) is 11.9. The second-order valence-corrected chi connectivity index (χ2v) is 6.00. The monoisotopic (exact) mass is 249 g/mol. The third-order valence-corrected chi connectivity index (χ3v) is 4.85. The van der Waals surface area contributed by atoms with Gasteiger partial charge in [-0.05, 0) is 33.1 Å². The summed E-state index contributed by atoms with van der Waals surface area (Å²) in [5.41, 5.74) is 0.414. The highest BCUT2D eigenvalue weighted by atomic mass is 16.5. The highest BCUT2D eigenvalue weighted by molar-refractivity contribution is 5.09. The summed E-state index contributed by atoms with van der Waals surface area (Å²) < 4.78 is 5.96. The van der Waals surface area contributed by atoms with Crippen LogP contribution < -0.4 is 5.32 Å². The van der Waals surface area contributed by atoms with Gasteiger partial charge in [0.1, 0.15) is 0 Å². The summed E-state index contributed by atoms with van der Waals surface area (Å²) in [6.07, 6.45) is 14.7. The molecule has 0 bridgehead atoms. The third kappa shape index (κ3) is 2.58. The van der Waals surface area contributed by atoms with Crippen LogP contribution in [0.4, 0.5) is 0 Å². The molecule has 2 rings (SSSR count). The van der Waals surface area contributed by atoms with E-state index in [0.29, 0.717) is 23.6 Å². The van der Waals surface area contributed by atoms with E-state index in [0.717, 1.165) is 13.0 Å². The number of rotatable bonds is 5. The minimum atomic E-state index is 0.414. The van der Waals surface area contributed by atoms with Crippen LogP contribution in [0.25, 0.3) is 0 Å². The SMILES string of the molecule is C#CCC(C)NC1CC(OCC)C12CCCCC2. The summed E-state index contributed by atoms with van der Waals surface area (Å²) in [5, 5.41) is 3.74. The molecule has 3 atom stereocenters. The van der Waals surface area contributed by atoms with Gasteiger partial charge < -0.3 is 10.1 Å². The standard InChI is InChI=1S/C16H27NO/c1-4-9-13(3)17-14-12-15(18-5-2)16(14)10-7-6-8-11-16/h1,13-15,17H,5-12H2,2-3H3. The summed E-state index contributed by atoms with van der Waals surface area (Å²) in [6, 6.07) is 1.05. The molecule has 2 aliphatic carbocycles. The number of nitrogens with one attached hydrogen (secondary N) is 1. The fourth-order valence-electron chi connectivity index (χ4n) is 3.88. The molecule has 0 amide bonds. The summed E-state index contributed by atoms with van der Waals surface area (Å²) in [4.78, 5) is 0. The first kappa shape index (κ1) is 13.9. The Hall–Kier alpha value is -0.520. The van der Waals surface area contributed by atoms with Crippen LogP contribution in [0.2, 0.25) is 0 Å². The Morgan fingerprint density at radius 3 is 2.72 bits per heavy atom. The first-order valence-electron chi connectivity index (χ1n) is 7.54. The van der Waals surface area contributed by atoms with Crippen molar-refractivity contribution in [1.82, 2.24) is 5.32 Å². The van der Waals surface area contributed by atoms with Crippen molar-refractivity contribution in [2.24, 2.45) is 5.41 Å². The second kappa shape index (κ2) is 6.08. The molecule has 2 nitrogen and oxygen atoms in total. The Labute approximate surface area is 112 Å². The molecular formula is C16H27NO. The normalized spacial score (nSPS) is 31.6. The lowest BCUT2D eigenvalue weighted by Crippen LogP contribution is -2.65. The number of hydrogen-bond acceptors (Lipinski definition) is 2. The van der Waals surface area contributed by atoms with Gasteiger partial charge in [0.25, 0.3) is 0 Å². The fourth-order valence-corrected chi connectivity index (χ4v) is 3.88. The average Bonchev–Trinajstić information content (AvgIpc) is 2.39. The number of ether oxygens (including phenoxy) is 1. The second-order valence-electron chi connectivity index (χ2n) is 6.00. The van der Waals surface area contributed by atoms with Crippen LogP contribution in [0.1, 0.15) is 58.8 Å². The van der Waals surface area contributed by atoms with Gasteiger partial charge in [-0.1, -0.05) is 19.3 Å². The molecular weight excluding hydrogens is 222 g/mol. The molecule has 18 heavy (non-hydrogen) atoms. The van der Waals surface area contributed by atoms with Gasteiger partial charge >= 0.3 is 0 Å². The van der Waals surface area contributed by atoms with Crippen molar-refractivity contribution in [3.63, 3.8) is 0 Å². The highest BCUT2D eigenvalue weighted by Gasteiger charge is 2.55. The molecule has 2 saturated carbocycles. The number of hydrogen-bond donors (Lipinski definition) is 1. The Kier molecular flexibility index (Phi) is 4.70. The van der Waals surface area contributed by atoms with Crippen molar-refractivity contribution >= 4 is 0 Å². The summed E-state index contributed by atoms with van der Waals surface area (Å²) in [6.45, 7) is 5.15. The zero-order valence-corrected chi connectivity index (χ0v) is 11.9. The van der Waals surface area contributed by atoms with Crippen LogP contribution in [0.3, 0.4) is 0 Å². The van der Waals surface area contributed by atoms with Crippen molar-refractivity contribution in [2.75, 3.05) is 6.61 Å². The van der Waals surface area contributed by atoms with E-state index in [1.54, 1.807) is 0 Å². The van der Waals surface area contributed by atoms with Crippen molar-refractivity contribution in [3.8, 4) is 12.3 Å². The lowest BCUT2D eigenvalue weighted by molar-refractivity contribution is -0.151. The van der Waals surface area contributed by atoms with Crippen LogP contribution in [-0.4, -0.2) is 24.8 Å². The van der Waals surface area contributed by atoms with E-state index in [-0.39, 0.29) is 0 Å². The maximum Gasteiger partial charge on any atom is 0.0661 e. The van der Waals surface area contributed by atoms with E-state index in [1.807, 2.05) is 0 Å². The molecule has 2 aliphatic rings. The predicted octanol–water partition coefficient (Wildman–Crippen LogP) is 3.12. The molecule has 0 radical (unpaired) electrons. The van der Waals surface area contributed by atoms with Crippen molar-refractivity contribution < 1.29 is 4.74 Å². The third-order valence-electron chi connectivity index (χ3n) is 4.85. The molecule has 0 aromatic rings. The summed E-state index contributed by atoms with van der Waals surface area (Å²) in [5.74, 6) is 2.75. The molecule has 1 N–H and O–H groups in total. The average molecular weight is 249 g/mol. The fraction of sp³-hybridized carbons (Fsp3) is 0.875. The van der Waals surface area contributed by atoms with Crippen LogP contribution in [0.5, 0.6) is 0 Å². The lowest BCUT2D eigenvalue weighted by Gasteiger charge is -2.58. The molecule has 3 unspecified atom stereocenters. The minimum absolute atomic E-state index is 0.414. The van der Waals surface area contributed by atoms with Crippen LogP contribution in [0, 0.1) is 17.8 Å². The van der Waals surface area contributed by atoms with Gasteiger partial charge in [0.05, 0.1) is 6.10 Å². The molecule has 0 saturated heterocycles. The lowest BCUT2D eigenvalue weighted by atomic mass is 9.55. The summed E-state index contributed by atoms with van der Waals surface area (Å²) in [7, 11) is 0. The predicted molar refractivity (Wildman–Crippen MR) is 75.4 cm³/mol. The van der Waals surface area contributed by atoms with Gasteiger partial charge in [-0.15, -0.1) is 12.3 Å². The van der Waals surface area contributed by atoms with Crippen LogP contribution in [0.15, 0.2) is 0 Å². The Bertz CT molecular complexity index is 301. The maximum absolute atomic E-state index is 5.96. The van der Waals surface area contributed by atoms with Crippen molar-refractivity contribution in [2.45, 2.75) is 77.0 Å². The molecule has 2 fully saturated rings. The van der Waals surface area contributed by atoms with E-state index < -0.39 is 0 Å². The maximum atomic E-state index is 5.96. The van der Waals surface area contributed by atoms with Crippen molar-refractivity contribution in [3.05, 3.63) is 0 Å². The van der Waals surface area contributed by atoms with Gasteiger partial charge in [0.2, 0.25) is 0 Å². The summed E-state index contributed by atoms with van der Waals surface area (Å²) >= 11 is 0. The number of terminal acetylenes is 1. The van der Waals surface area contributed by atoms with Gasteiger partial charge in [0, 0.05) is 30.5 Å². The highest BCUT2D eigenvalue weighted by Crippen LogP contribution is 2.53. The zero-order chi connectivity index (χ0) is 13.0. The van der Waals surface area contributed by atoms with E-state index in [9.17, 15) is 0 Å². The quantitative estimate of drug-likeness (QED) is 0.756. The van der Waals surface area contributed by atoms with Gasteiger partial charge in [-0.2, -0.15) is 0 Å². The minimum Gasteiger partial charge on any atom is -0.378 e. The van der Waals surface area contributed by atoms with E-state index in [1.165, 1.54) is 38.5 Å². The molecule has 0 aliphatic heterocycles. The molecule has 0 aromatic heterocycles. The first-order chi connectivity index (χ1) is 8.73. The Morgan fingerprint density at radius 2 is 2.11 bits per heavy atom. The van der Waals surface area contributed by atoms with E-state index in [4.69, 9.17) is 11.2 Å². The molecule has 1 spiro atoms. The Morgan fingerprint density at radius 1 is 1.39 bits per heavy atom. The van der Waals surface area contributed by atoms with Crippen LogP contribution >= 0.6 is 0 Å². The van der Waals surface area contributed by atoms with Gasteiger partial charge in [-0.25, -0.2) is 0 Å². The Balaban J connectivity index is 1.96. The topological polar surface area (TPSA) is 21.3 Å². The van der Waals surface area contributed by atoms with Crippen LogP contribution in [-0.2, 0) is 4.74 Å². The van der Waals surface area contributed by atoms with Gasteiger partial charge in [0.15, 0.2) is 0 Å². The first-order valence-corrected chi connectivity index (χ1v) is 7.54.